The highest BCUT2D eigenvalue weighted by Gasteiger charge is 2.19. The summed E-state index contributed by atoms with van der Waals surface area (Å²) in [6, 6.07) is 21.0. The molecule has 1 heterocycles. The van der Waals surface area contributed by atoms with E-state index in [1.54, 1.807) is 21.3 Å². The fraction of sp³-hybridized carbons (Fsp3) is 0.296. The number of methoxy groups -OCH3 is 3. The molecule has 0 N–H and O–H groups in total. The third-order valence-corrected chi connectivity index (χ3v) is 6.08. The molecule has 0 saturated heterocycles. The van der Waals surface area contributed by atoms with Crippen molar-refractivity contribution in [1.82, 2.24) is 9.55 Å². The van der Waals surface area contributed by atoms with E-state index in [0.29, 0.717) is 29.7 Å². The fourth-order valence-electron chi connectivity index (χ4n) is 4.04. The van der Waals surface area contributed by atoms with Crippen LogP contribution in [-0.2, 0) is 6.54 Å². The van der Waals surface area contributed by atoms with E-state index in [1.165, 1.54) is 11.1 Å². The van der Waals surface area contributed by atoms with Gasteiger partial charge in [0.15, 0.2) is 11.5 Å². The molecular formula is C27H30N2O3. The molecule has 32 heavy (non-hydrogen) atoms. The normalized spacial score (nSPS) is 12.0. The monoisotopic (exact) mass is 430 g/mol. The minimum absolute atomic E-state index is 0.563. The second-order valence-electron chi connectivity index (χ2n) is 7.98. The van der Waals surface area contributed by atoms with Gasteiger partial charge in [-0.1, -0.05) is 50.2 Å². The van der Waals surface area contributed by atoms with Crippen molar-refractivity contribution in [2.75, 3.05) is 21.3 Å². The van der Waals surface area contributed by atoms with Crippen molar-refractivity contribution in [2.24, 2.45) is 0 Å². The van der Waals surface area contributed by atoms with Gasteiger partial charge in [0.2, 0.25) is 5.75 Å². The molecule has 1 atom stereocenters. The Hall–Kier alpha value is -3.47. The highest BCUT2D eigenvalue weighted by molar-refractivity contribution is 5.81. The van der Waals surface area contributed by atoms with Crippen LogP contribution in [0.15, 0.2) is 60.7 Å². The molecule has 0 spiro atoms. The molecule has 0 aliphatic rings. The Morgan fingerprint density at radius 3 is 2.12 bits per heavy atom. The lowest BCUT2D eigenvalue weighted by molar-refractivity contribution is 0.324. The van der Waals surface area contributed by atoms with E-state index in [4.69, 9.17) is 19.2 Å². The van der Waals surface area contributed by atoms with Crippen LogP contribution in [0.3, 0.4) is 0 Å². The Kier molecular flexibility index (Phi) is 6.35. The zero-order valence-electron chi connectivity index (χ0n) is 19.4. The molecule has 0 aliphatic heterocycles. The maximum absolute atomic E-state index is 5.58. The van der Waals surface area contributed by atoms with E-state index in [0.717, 1.165) is 28.8 Å². The number of aromatic nitrogens is 2. The number of hydrogen-bond donors (Lipinski definition) is 0. The van der Waals surface area contributed by atoms with Gasteiger partial charge in [0.05, 0.1) is 32.4 Å². The molecule has 0 radical (unpaired) electrons. The van der Waals surface area contributed by atoms with Crippen molar-refractivity contribution < 1.29 is 14.2 Å². The summed E-state index contributed by atoms with van der Waals surface area (Å²) >= 11 is 0. The molecule has 0 aliphatic carbocycles. The quantitative estimate of drug-likeness (QED) is 0.329. The molecule has 0 amide bonds. The van der Waals surface area contributed by atoms with Crippen LogP contribution in [0, 0.1) is 0 Å². The Bertz CT molecular complexity index is 1190. The fourth-order valence-corrected chi connectivity index (χ4v) is 4.04. The number of hydrogen-bond acceptors (Lipinski definition) is 4. The van der Waals surface area contributed by atoms with Crippen LogP contribution in [0.1, 0.15) is 37.3 Å². The molecule has 4 rings (SSSR count). The second kappa shape index (κ2) is 9.35. The van der Waals surface area contributed by atoms with Crippen molar-refractivity contribution >= 4 is 11.0 Å². The number of para-hydroxylation sites is 2. The number of fused-ring (bicyclic) bond motifs is 1. The highest BCUT2D eigenvalue weighted by Crippen LogP contribution is 2.41. The van der Waals surface area contributed by atoms with Crippen molar-refractivity contribution in [1.29, 1.82) is 0 Å². The Morgan fingerprint density at radius 1 is 0.875 bits per heavy atom. The van der Waals surface area contributed by atoms with E-state index in [2.05, 4.69) is 48.7 Å². The first kappa shape index (κ1) is 21.8. The molecule has 0 fully saturated rings. The zero-order chi connectivity index (χ0) is 22.7. The van der Waals surface area contributed by atoms with Gasteiger partial charge in [0, 0.05) is 12.1 Å². The van der Waals surface area contributed by atoms with Gasteiger partial charge >= 0.3 is 0 Å². The van der Waals surface area contributed by atoms with E-state index in [1.807, 2.05) is 30.3 Å². The minimum Gasteiger partial charge on any atom is -0.493 e. The first-order valence-corrected chi connectivity index (χ1v) is 10.9. The van der Waals surface area contributed by atoms with E-state index >= 15 is 0 Å². The van der Waals surface area contributed by atoms with Gasteiger partial charge in [-0.2, -0.15) is 0 Å². The predicted octanol–water partition coefficient (Wildman–Crippen LogP) is 6.29. The molecule has 4 aromatic rings. The van der Waals surface area contributed by atoms with Gasteiger partial charge in [-0.15, -0.1) is 0 Å². The molecule has 5 nitrogen and oxygen atoms in total. The average Bonchev–Trinajstić information content (AvgIpc) is 3.21. The Labute approximate surface area is 189 Å². The summed E-state index contributed by atoms with van der Waals surface area (Å²) in [5, 5.41) is 0. The first-order valence-electron chi connectivity index (χ1n) is 10.9. The maximum atomic E-state index is 5.58. The van der Waals surface area contributed by atoms with Crippen LogP contribution in [0.5, 0.6) is 17.2 Å². The van der Waals surface area contributed by atoms with Gasteiger partial charge in [0.25, 0.3) is 0 Å². The lowest BCUT2D eigenvalue weighted by atomic mass is 9.97. The number of imidazole rings is 1. The van der Waals surface area contributed by atoms with Crippen LogP contribution in [0.4, 0.5) is 0 Å². The first-order chi connectivity index (χ1) is 15.6. The van der Waals surface area contributed by atoms with Crippen molar-refractivity contribution in [2.45, 2.75) is 32.7 Å². The molecule has 5 heteroatoms. The molecule has 3 aromatic carbocycles. The van der Waals surface area contributed by atoms with Crippen LogP contribution < -0.4 is 14.2 Å². The summed E-state index contributed by atoms with van der Waals surface area (Å²) in [5.41, 5.74) is 5.55. The standard InChI is InChI=1S/C27H30N2O3/c1-6-18(2)20-13-11-19(12-14-20)17-29-23-10-8-7-9-22(23)28-27(29)21-15-24(30-3)26(32-5)25(16-21)31-4/h7-16,18H,6,17H2,1-5H3. The largest absolute Gasteiger partial charge is 0.493 e. The van der Waals surface area contributed by atoms with Gasteiger partial charge in [-0.05, 0) is 47.7 Å². The number of benzene rings is 3. The van der Waals surface area contributed by atoms with Gasteiger partial charge in [-0.3, -0.25) is 0 Å². The molecule has 1 unspecified atom stereocenters. The molecular weight excluding hydrogens is 400 g/mol. The molecule has 0 saturated carbocycles. The third kappa shape index (κ3) is 4.03. The van der Waals surface area contributed by atoms with Gasteiger partial charge in [-0.25, -0.2) is 4.98 Å². The third-order valence-electron chi connectivity index (χ3n) is 6.08. The molecule has 1 aromatic heterocycles. The van der Waals surface area contributed by atoms with Crippen LogP contribution in [0.25, 0.3) is 22.4 Å². The van der Waals surface area contributed by atoms with Crippen LogP contribution in [0.2, 0.25) is 0 Å². The lowest BCUT2D eigenvalue weighted by Crippen LogP contribution is -2.04. The summed E-state index contributed by atoms with van der Waals surface area (Å²) in [5.74, 6) is 3.21. The summed E-state index contributed by atoms with van der Waals surface area (Å²) in [4.78, 5) is 4.96. The molecule has 0 bridgehead atoms. The average molecular weight is 431 g/mol. The van der Waals surface area contributed by atoms with Gasteiger partial charge in [0.1, 0.15) is 5.82 Å². The number of nitrogens with zero attached hydrogens (tertiary/aromatic N) is 2. The van der Waals surface area contributed by atoms with Crippen molar-refractivity contribution in [3.8, 4) is 28.6 Å². The van der Waals surface area contributed by atoms with Crippen LogP contribution in [-0.4, -0.2) is 30.9 Å². The Morgan fingerprint density at radius 2 is 1.53 bits per heavy atom. The Balaban J connectivity index is 1.83. The smallest absolute Gasteiger partial charge is 0.203 e. The van der Waals surface area contributed by atoms with E-state index < -0.39 is 0 Å². The SMILES string of the molecule is CCC(C)c1ccc(Cn2c(-c3cc(OC)c(OC)c(OC)c3)nc3ccccc32)cc1. The van der Waals surface area contributed by atoms with Gasteiger partial charge < -0.3 is 18.8 Å². The maximum Gasteiger partial charge on any atom is 0.203 e. The van der Waals surface area contributed by atoms with Crippen molar-refractivity contribution in [3.63, 3.8) is 0 Å². The summed E-state index contributed by atoms with van der Waals surface area (Å²) in [6.45, 7) is 5.20. The minimum atomic E-state index is 0.563. The van der Waals surface area contributed by atoms with E-state index in [9.17, 15) is 0 Å². The topological polar surface area (TPSA) is 45.5 Å². The summed E-state index contributed by atoms with van der Waals surface area (Å²) < 4.78 is 18.9. The lowest BCUT2D eigenvalue weighted by Gasteiger charge is -2.15. The number of rotatable bonds is 8. The van der Waals surface area contributed by atoms with Crippen LogP contribution >= 0.6 is 0 Å². The summed E-state index contributed by atoms with van der Waals surface area (Å²) in [6.07, 6.45) is 1.14. The predicted molar refractivity (Wildman–Crippen MR) is 129 cm³/mol. The van der Waals surface area contributed by atoms with E-state index in [-0.39, 0.29) is 0 Å². The molecule has 166 valence electrons. The highest BCUT2D eigenvalue weighted by atomic mass is 16.5. The zero-order valence-corrected chi connectivity index (χ0v) is 19.4. The number of ether oxygens (including phenoxy) is 3. The second-order valence-corrected chi connectivity index (χ2v) is 7.98. The summed E-state index contributed by atoms with van der Waals surface area (Å²) in [7, 11) is 4.87. The van der Waals surface area contributed by atoms with Crippen molar-refractivity contribution in [3.05, 3.63) is 71.8 Å².